The summed E-state index contributed by atoms with van der Waals surface area (Å²) in [6.07, 6.45) is 0.752. The summed E-state index contributed by atoms with van der Waals surface area (Å²) in [5.41, 5.74) is -0.232. The lowest BCUT2D eigenvalue weighted by Gasteiger charge is -2.34. The molecule has 0 saturated carbocycles. The third-order valence-electron chi connectivity index (χ3n) is 4.58. The zero-order valence-electron chi connectivity index (χ0n) is 11.9. The van der Waals surface area contributed by atoms with Crippen LogP contribution < -0.4 is 5.32 Å². The van der Waals surface area contributed by atoms with Gasteiger partial charge in [0, 0.05) is 18.6 Å². The van der Waals surface area contributed by atoms with Gasteiger partial charge in [0.05, 0.1) is 5.75 Å². The van der Waals surface area contributed by atoms with Crippen molar-refractivity contribution < 1.29 is 8.42 Å². The summed E-state index contributed by atoms with van der Waals surface area (Å²) in [6, 6.07) is 0. The first-order chi connectivity index (χ1) is 8.25. The molecule has 0 amide bonds. The fourth-order valence-electron chi connectivity index (χ4n) is 3.35. The van der Waals surface area contributed by atoms with Crippen LogP contribution >= 0.6 is 0 Å². The molecule has 2 saturated heterocycles. The monoisotopic (exact) mass is 274 g/mol. The lowest BCUT2D eigenvalue weighted by Crippen LogP contribution is -2.48. The summed E-state index contributed by atoms with van der Waals surface area (Å²) >= 11 is 0. The largest absolute Gasteiger partial charge is 0.316 e. The van der Waals surface area contributed by atoms with Crippen LogP contribution in [0.25, 0.3) is 0 Å². The van der Waals surface area contributed by atoms with E-state index in [2.05, 4.69) is 33.0 Å². The van der Waals surface area contributed by atoms with E-state index >= 15 is 0 Å². The van der Waals surface area contributed by atoms with E-state index in [-0.39, 0.29) is 5.54 Å². The Morgan fingerprint density at radius 2 is 2.00 bits per heavy atom. The number of nitrogens with zero attached hydrogens (tertiary/aromatic N) is 1. The van der Waals surface area contributed by atoms with Crippen LogP contribution in [0.4, 0.5) is 0 Å². The normalized spacial score (nSPS) is 32.1. The minimum Gasteiger partial charge on any atom is -0.316 e. The second-order valence-electron chi connectivity index (χ2n) is 6.71. The van der Waals surface area contributed by atoms with Gasteiger partial charge in [-0.1, -0.05) is 13.8 Å². The molecule has 2 atom stereocenters. The topological polar surface area (TPSA) is 49.4 Å². The maximum atomic E-state index is 12.5. The summed E-state index contributed by atoms with van der Waals surface area (Å²) < 4.78 is 26.8. The first kappa shape index (κ1) is 14.3. The minimum atomic E-state index is -3.10. The van der Waals surface area contributed by atoms with E-state index in [0.29, 0.717) is 30.1 Å². The van der Waals surface area contributed by atoms with Gasteiger partial charge in [-0.15, -0.1) is 0 Å². The molecule has 2 aliphatic heterocycles. The standard InChI is InChI=1S/C13H26N2O2S/c1-10(2)5-6-18(16,17)15-9-11-7-14-8-12(11)13(15,3)4/h10-12,14H,5-9H2,1-4H3. The second kappa shape index (κ2) is 4.76. The average molecular weight is 274 g/mol. The quantitative estimate of drug-likeness (QED) is 0.840. The Morgan fingerprint density at radius 1 is 1.33 bits per heavy atom. The van der Waals surface area contributed by atoms with E-state index in [9.17, 15) is 8.42 Å². The van der Waals surface area contributed by atoms with Gasteiger partial charge in [-0.2, -0.15) is 4.31 Å². The number of hydrogen-bond donors (Lipinski definition) is 1. The van der Waals surface area contributed by atoms with E-state index in [1.54, 1.807) is 4.31 Å². The van der Waals surface area contributed by atoms with Crippen LogP contribution in [-0.2, 0) is 10.0 Å². The van der Waals surface area contributed by atoms with Crippen LogP contribution in [0.1, 0.15) is 34.1 Å². The zero-order valence-corrected chi connectivity index (χ0v) is 12.8. The number of rotatable bonds is 4. The number of hydrogen-bond acceptors (Lipinski definition) is 3. The smallest absolute Gasteiger partial charge is 0.214 e. The third-order valence-corrected chi connectivity index (χ3v) is 6.62. The Balaban J connectivity index is 2.14. The highest BCUT2D eigenvalue weighted by Crippen LogP contribution is 2.42. The molecule has 2 rings (SSSR count). The number of sulfonamides is 1. The van der Waals surface area contributed by atoms with Gasteiger partial charge in [-0.3, -0.25) is 0 Å². The van der Waals surface area contributed by atoms with Crippen molar-refractivity contribution in [2.75, 3.05) is 25.4 Å². The molecule has 0 bridgehead atoms. The van der Waals surface area contributed by atoms with Crippen LogP contribution in [0.3, 0.4) is 0 Å². The van der Waals surface area contributed by atoms with Crippen molar-refractivity contribution in [2.24, 2.45) is 17.8 Å². The maximum absolute atomic E-state index is 12.5. The van der Waals surface area contributed by atoms with Gasteiger partial charge in [0.25, 0.3) is 0 Å². The van der Waals surface area contributed by atoms with Gasteiger partial charge in [-0.25, -0.2) is 8.42 Å². The van der Waals surface area contributed by atoms with Gasteiger partial charge < -0.3 is 5.32 Å². The summed E-state index contributed by atoms with van der Waals surface area (Å²) in [5, 5.41) is 3.38. The summed E-state index contributed by atoms with van der Waals surface area (Å²) in [5.74, 6) is 1.69. The van der Waals surface area contributed by atoms with Crippen molar-refractivity contribution in [2.45, 2.75) is 39.7 Å². The number of fused-ring (bicyclic) bond motifs is 1. The van der Waals surface area contributed by atoms with Gasteiger partial charge >= 0.3 is 0 Å². The predicted octanol–water partition coefficient (Wildman–Crippen LogP) is 1.29. The highest BCUT2D eigenvalue weighted by Gasteiger charge is 2.53. The van der Waals surface area contributed by atoms with Crippen LogP contribution in [0, 0.1) is 17.8 Å². The Kier molecular flexibility index (Phi) is 3.78. The fourth-order valence-corrected chi connectivity index (χ4v) is 5.61. The van der Waals surface area contributed by atoms with Gasteiger partial charge in [0.15, 0.2) is 0 Å². The highest BCUT2D eigenvalue weighted by molar-refractivity contribution is 7.89. The molecule has 106 valence electrons. The van der Waals surface area contributed by atoms with Gasteiger partial charge in [-0.05, 0) is 44.6 Å². The van der Waals surface area contributed by atoms with Crippen molar-refractivity contribution in [1.82, 2.24) is 9.62 Å². The zero-order chi connectivity index (χ0) is 13.6. The SMILES string of the molecule is CC(C)CCS(=O)(=O)N1CC2CNCC2C1(C)C. The molecule has 5 heteroatoms. The van der Waals surface area contributed by atoms with E-state index < -0.39 is 10.0 Å². The van der Waals surface area contributed by atoms with E-state index in [0.717, 1.165) is 19.5 Å². The molecular weight excluding hydrogens is 248 g/mol. The van der Waals surface area contributed by atoms with Crippen molar-refractivity contribution >= 4 is 10.0 Å². The Bertz CT molecular complexity index is 403. The molecule has 18 heavy (non-hydrogen) atoms. The van der Waals surface area contributed by atoms with Gasteiger partial charge in [0.2, 0.25) is 10.0 Å². The summed E-state index contributed by atoms with van der Waals surface area (Å²) in [7, 11) is -3.10. The molecular formula is C13H26N2O2S. The minimum absolute atomic E-state index is 0.232. The van der Waals surface area contributed by atoms with Crippen molar-refractivity contribution in [1.29, 1.82) is 0 Å². The van der Waals surface area contributed by atoms with Crippen molar-refractivity contribution in [3.63, 3.8) is 0 Å². The van der Waals surface area contributed by atoms with Crippen molar-refractivity contribution in [3.8, 4) is 0 Å². The lowest BCUT2D eigenvalue weighted by atomic mass is 9.85. The highest BCUT2D eigenvalue weighted by atomic mass is 32.2. The fraction of sp³-hybridized carbons (Fsp3) is 1.00. The Morgan fingerprint density at radius 3 is 2.56 bits per heavy atom. The summed E-state index contributed by atoms with van der Waals surface area (Å²) in [6.45, 7) is 10.9. The maximum Gasteiger partial charge on any atom is 0.214 e. The molecule has 1 N–H and O–H groups in total. The molecule has 0 aromatic heterocycles. The van der Waals surface area contributed by atoms with E-state index in [4.69, 9.17) is 0 Å². The van der Waals surface area contributed by atoms with Crippen LogP contribution in [0.5, 0.6) is 0 Å². The molecule has 0 radical (unpaired) electrons. The van der Waals surface area contributed by atoms with E-state index in [1.165, 1.54) is 0 Å². The average Bonchev–Trinajstić information content (AvgIpc) is 2.79. The van der Waals surface area contributed by atoms with Crippen LogP contribution in [0.15, 0.2) is 0 Å². The third kappa shape index (κ3) is 2.45. The molecule has 2 aliphatic rings. The Labute approximate surface area is 111 Å². The second-order valence-corrected chi connectivity index (χ2v) is 8.72. The molecule has 2 unspecified atom stereocenters. The Hall–Kier alpha value is -0.130. The molecule has 0 aromatic carbocycles. The molecule has 0 aliphatic carbocycles. The molecule has 2 fully saturated rings. The van der Waals surface area contributed by atoms with Crippen LogP contribution in [0.2, 0.25) is 0 Å². The molecule has 0 spiro atoms. The summed E-state index contributed by atoms with van der Waals surface area (Å²) in [4.78, 5) is 0. The van der Waals surface area contributed by atoms with Crippen molar-refractivity contribution in [3.05, 3.63) is 0 Å². The lowest BCUT2D eigenvalue weighted by molar-refractivity contribution is 0.233. The molecule has 0 aromatic rings. The van der Waals surface area contributed by atoms with Gasteiger partial charge in [0.1, 0.15) is 0 Å². The molecule has 2 heterocycles. The first-order valence-corrected chi connectivity index (χ1v) is 8.57. The van der Waals surface area contributed by atoms with Crippen LogP contribution in [-0.4, -0.2) is 43.6 Å². The number of nitrogens with one attached hydrogen (secondary N) is 1. The first-order valence-electron chi connectivity index (χ1n) is 6.96. The predicted molar refractivity (Wildman–Crippen MR) is 73.9 cm³/mol. The van der Waals surface area contributed by atoms with E-state index in [1.807, 2.05) is 0 Å². The molecule has 4 nitrogen and oxygen atoms in total.